The minimum Gasteiger partial charge on any atom is -0.449 e. The monoisotopic (exact) mass is 272 g/mol. The van der Waals surface area contributed by atoms with Crippen molar-refractivity contribution in [2.24, 2.45) is 4.99 Å². The third-order valence-corrected chi connectivity index (χ3v) is 3.16. The lowest BCUT2D eigenvalue weighted by atomic mass is 10.0. The molecule has 0 radical (unpaired) electrons. The molecule has 1 aromatic rings. The van der Waals surface area contributed by atoms with Gasteiger partial charge in [-0.15, -0.1) is 6.42 Å². The highest BCUT2D eigenvalue weighted by molar-refractivity contribution is 5.92. The van der Waals surface area contributed by atoms with Crippen molar-refractivity contribution in [3.63, 3.8) is 0 Å². The van der Waals surface area contributed by atoms with E-state index in [9.17, 15) is 4.79 Å². The van der Waals surface area contributed by atoms with E-state index in [0.717, 1.165) is 23.4 Å². The van der Waals surface area contributed by atoms with Gasteiger partial charge in [0.05, 0.1) is 17.6 Å². The van der Waals surface area contributed by atoms with E-state index >= 15 is 0 Å². The number of benzene rings is 1. The second-order valence-electron chi connectivity index (χ2n) is 4.48. The number of carbonyl (C=O) groups excluding carboxylic acids is 1. The second kappa shape index (κ2) is 7.34. The van der Waals surface area contributed by atoms with E-state index < -0.39 is 5.97 Å². The summed E-state index contributed by atoms with van der Waals surface area (Å²) in [6, 6.07) is 3.54. The molecule has 1 rings (SSSR count). The molecule has 20 heavy (non-hydrogen) atoms. The van der Waals surface area contributed by atoms with Crippen molar-refractivity contribution >= 4 is 18.0 Å². The van der Waals surface area contributed by atoms with Crippen LogP contribution in [-0.2, 0) is 4.74 Å². The normalized spacial score (nSPS) is 10.3. The van der Waals surface area contributed by atoms with Gasteiger partial charge in [0, 0.05) is 13.6 Å². The molecule has 0 aliphatic rings. The average Bonchev–Trinajstić information content (AvgIpc) is 2.45. The van der Waals surface area contributed by atoms with Crippen molar-refractivity contribution in [2.45, 2.75) is 20.8 Å². The topological polar surface area (TPSA) is 41.9 Å². The lowest BCUT2D eigenvalue weighted by molar-refractivity contribution is 0.0556. The third kappa shape index (κ3) is 3.86. The molecule has 0 heterocycles. The number of hydrogen-bond acceptors (Lipinski definition) is 3. The summed E-state index contributed by atoms with van der Waals surface area (Å²) in [5, 5.41) is 0. The Hall–Kier alpha value is -2.28. The Kier molecular flexibility index (Phi) is 5.79. The first kappa shape index (κ1) is 15.8. The Morgan fingerprint density at radius 2 is 2.15 bits per heavy atom. The van der Waals surface area contributed by atoms with Gasteiger partial charge < -0.3 is 9.64 Å². The molecule has 0 aliphatic heterocycles. The zero-order valence-electron chi connectivity index (χ0n) is 12.4. The summed E-state index contributed by atoms with van der Waals surface area (Å²) in [6.07, 6.45) is 6.85. The summed E-state index contributed by atoms with van der Waals surface area (Å²) in [7, 11) is 1.96. The Labute approximate surface area is 120 Å². The number of carbonyl (C=O) groups is 1. The van der Waals surface area contributed by atoms with E-state index in [1.165, 1.54) is 0 Å². The van der Waals surface area contributed by atoms with Gasteiger partial charge in [-0.05, 0) is 44.0 Å². The van der Waals surface area contributed by atoms with Gasteiger partial charge in [-0.3, -0.25) is 0 Å². The maximum absolute atomic E-state index is 11.8. The summed E-state index contributed by atoms with van der Waals surface area (Å²) in [5.41, 5.74) is 3.19. The maximum atomic E-state index is 11.8. The molecule has 0 bridgehead atoms. The first-order valence-corrected chi connectivity index (χ1v) is 6.46. The van der Waals surface area contributed by atoms with E-state index in [2.05, 4.69) is 17.8 Å². The molecule has 0 spiro atoms. The predicted octanol–water partition coefficient (Wildman–Crippen LogP) is 2.70. The minimum absolute atomic E-state index is 0.0154. The predicted molar refractivity (Wildman–Crippen MR) is 81.5 cm³/mol. The molecule has 0 amide bonds. The molecule has 0 N–H and O–H groups in total. The van der Waals surface area contributed by atoms with Crippen molar-refractivity contribution < 1.29 is 9.53 Å². The highest BCUT2D eigenvalue weighted by atomic mass is 16.5. The zero-order valence-corrected chi connectivity index (χ0v) is 12.4. The number of rotatable bonds is 5. The molecular weight excluding hydrogens is 252 g/mol. The molecule has 0 aromatic heterocycles. The van der Waals surface area contributed by atoms with Crippen LogP contribution in [0.1, 0.15) is 28.4 Å². The molecule has 0 atom stereocenters. The van der Waals surface area contributed by atoms with Crippen LogP contribution in [0.2, 0.25) is 0 Å². The van der Waals surface area contributed by atoms with Gasteiger partial charge in [-0.25, -0.2) is 9.79 Å². The summed E-state index contributed by atoms with van der Waals surface area (Å²) < 4.78 is 4.95. The van der Waals surface area contributed by atoms with E-state index in [1.54, 1.807) is 12.4 Å². The number of esters is 1. The van der Waals surface area contributed by atoms with E-state index in [-0.39, 0.29) is 6.61 Å². The van der Waals surface area contributed by atoms with Gasteiger partial charge >= 0.3 is 5.97 Å². The maximum Gasteiger partial charge on any atom is 0.339 e. The molecule has 4 heteroatoms. The Bertz CT molecular complexity index is 556. The van der Waals surface area contributed by atoms with Crippen LogP contribution in [0.3, 0.4) is 0 Å². The molecule has 0 fully saturated rings. The van der Waals surface area contributed by atoms with Crippen LogP contribution < -0.4 is 0 Å². The first-order valence-electron chi connectivity index (χ1n) is 6.46. The SMILES string of the molecule is C#CCOC(=O)c1ccc(N=CN(C)CC)c(C)c1C. The average molecular weight is 272 g/mol. The van der Waals surface area contributed by atoms with Gasteiger partial charge in [0.25, 0.3) is 0 Å². The number of ether oxygens (including phenoxy) is 1. The van der Waals surface area contributed by atoms with E-state index in [1.807, 2.05) is 31.9 Å². The van der Waals surface area contributed by atoms with Gasteiger partial charge in [0.1, 0.15) is 0 Å². The van der Waals surface area contributed by atoms with Crippen molar-refractivity contribution in [3.05, 3.63) is 28.8 Å². The fourth-order valence-corrected chi connectivity index (χ4v) is 1.59. The molecule has 0 unspecified atom stereocenters. The smallest absolute Gasteiger partial charge is 0.339 e. The van der Waals surface area contributed by atoms with Gasteiger partial charge in [0.2, 0.25) is 0 Å². The molecule has 4 nitrogen and oxygen atoms in total. The van der Waals surface area contributed by atoms with E-state index in [0.29, 0.717) is 5.56 Å². The Balaban J connectivity index is 3.01. The van der Waals surface area contributed by atoms with Crippen LogP contribution in [0.15, 0.2) is 17.1 Å². The first-order chi connectivity index (χ1) is 9.51. The van der Waals surface area contributed by atoms with Crippen LogP contribution in [0.25, 0.3) is 0 Å². The van der Waals surface area contributed by atoms with Crippen molar-refractivity contribution in [3.8, 4) is 12.3 Å². The molecular formula is C16H20N2O2. The molecule has 0 saturated carbocycles. The fourth-order valence-electron chi connectivity index (χ4n) is 1.59. The second-order valence-corrected chi connectivity index (χ2v) is 4.48. The van der Waals surface area contributed by atoms with Crippen LogP contribution in [-0.4, -0.2) is 37.4 Å². The van der Waals surface area contributed by atoms with Crippen molar-refractivity contribution in [2.75, 3.05) is 20.2 Å². The lowest BCUT2D eigenvalue weighted by Gasteiger charge is -2.12. The Morgan fingerprint density at radius 1 is 1.45 bits per heavy atom. The van der Waals surface area contributed by atoms with E-state index in [4.69, 9.17) is 11.2 Å². The van der Waals surface area contributed by atoms with Gasteiger partial charge in [-0.1, -0.05) is 5.92 Å². The fraction of sp³-hybridized carbons (Fsp3) is 0.375. The van der Waals surface area contributed by atoms with Crippen LogP contribution >= 0.6 is 0 Å². The molecule has 1 aromatic carbocycles. The number of terminal acetylenes is 1. The summed E-state index contributed by atoms with van der Waals surface area (Å²) >= 11 is 0. The number of hydrogen-bond donors (Lipinski definition) is 0. The molecule has 0 aliphatic carbocycles. The Morgan fingerprint density at radius 3 is 2.75 bits per heavy atom. The molecule has 106 valence electrons. The highest BCUT2D eigenvalue weighted by Crippen LogP contribution is 2.25. The lowest BCUT2D eigenvalue weighted by Crippen LogP contribution is -2.14. The van der Waals surface area contributed by atoms with Crippen LogP contribution in [0.4, 0.5) is 5.69 Å². The van der Waals surface area contributed by atoms with Crippen molar-refractivity contribution in [1.29, 1.82) is 0 Å². The minimum atomic E-state index is -0.398. The molecule has 0 saturated heterocycles. The van der Waals surface area contributed by atoms with Crippen LogP contribution in [0.5, 0.6) is 0 Å². The summed E-state index contributed by atoms with van der Waals surface area (Å²) in [4.78, 5) is 18.2. The third-order valence-electron chi connectivity index (χ3n) is 3.16. The number of nitrogens with zero attached hydrogens (tertiary/aromatic N) is 2. The largest absolute Gasteiger partial charge is 0.449 e. The summed E-state index contributed by atoms with van der Waals surface area (Å²) in [5.74, 6) is 1.88. The summed E-state index contributed by atoms with van der Waals surface area (Å²) in [6.45, 7) is 6.74. The standard InChI is InChI=1S/C16H20N2O2/c1-6-10-20-16(19)14-8-9-15(13(4)12(14)3)17-11-18(5)7-2/h1,8-9,11H,7,10H2,2-5H3. The number of aliphatic imine (C=N–C) groups is 1. The van der Waals surface area contributed by atoms with Gasteiger partial charge in [0.15, 0.2) is 6.61 Å². The quantitative estimate of drug-likeness (QED) is 0.358. The van der Waals surface area contributed by atoms with Crippen molar-refractivity contribution in [1.82, 2.24) is 4.90 Å². The zero-order chi connectivity index (χ0) is 15.1. The van der Waals surface area contributed by atoms with Gasteiger partial charge in [-0.2, -0.15) is 0 Å². The van der Waals surface area contributed by atoms with Crippen LogP contribution in [0, 0.1) is 26.2 Å². The highest BCUT2D eigenvalue weighted by Gasteiger charge is 2.13.